The number of carbonyl (C=O) groups excluding carboxylic acids is 2. The van der Waals surface area contributed by atoms with E-state index in [4.69, 9.17) is 23.7 Å². The van der Waals surface area contributed by atoms with E-state index in [9.17, 15) is 18.0 Å². The maximum Gasteiger partial charge on any atom is 0.511 e. The van der Waals surface area contributed by atoms with Gasteiger partial charge in [-0.05, 0) is 32.4 Å². The lowest BCUT2D eigenvalue weighted by Gasteiger charge is -2.18. The zero-order valence-corrected chi connectivity index (χ0v) is 21.6. The van der Waals surface area contributed by atoms with Gasteiger partial charge >= 0.3 is 6.16 Å². The van der Waals surface area contributed by atoms with Gasteiger partial charge in [-0.1, -0.05) is 6.92 Å². The lowest BCUT2D eigenvalue weighted by molar-refractivity contribution is -0.0559. The van der Waals surface area contributed by atoms with Crippen molar-refractivity contribution in [1.29, 1.82) is 0 Å². The van der Waals surface area contributed by atoms with E-state index in [1.54, 1.807) is 13.8 Å². The molecule has 0 bridgehead atoms. The average molecular weight is 513 g/mol. The van der Waals surface area contributed by atoms with Crippen LogP contribution in [0.15, 0.2) is 23.2 Å². The van der Waals surface area contributed by atoms with Gasteiger partial charge in [0.1, 0.15) is 22.8 Å². The number of nitrogens with zero attached hydrogens (tertiary/aromatic N) is 2. The van der Waals surface area contributed by atoms with Crippen molar-refractivity contribution in [3.8, 4) is 11.6 Å². The third-order valence-electron chi connectivity index (χ3n) is 4.82. The summed E-state index contributed by atoms with van der Waals surface area (Å²) in [6.07, 6.45) is 1.17. The number of methoxy groups -OCH3 is 1. The van der Waals surface area contributed by atoms with Gasteiger partial charge in [-0.2, -0.15) is 5.10 Å². The topological polar surface area (TPSA) is 132 Å². The van der Waals surface area contributed by atoms with Gasteiger partial charge in [0.05, 0.1) is 19.4 Å². The highest BCUT2D eigenvalue weighted by atomic mass is 32.2. The van der Waals surface area contributed by atoms with Crippen LogP contribution in [0.25, 0.3) is 0 Å². The molecule has 1 aromatic heterocycles. The number of aryl methyl sites for hydroxylation is 1. The Morgan fingerprint density at radius 2 is 1.86 bits per heavy atom. The van der Waals surface area contributed by atoms with Crippen molar-refractivity contribution in [2.75, 3.05) is 33.2 Å². The quantitative estimate of drug-likeness (QED) is 0.171. The first-order valence-corrected chi connectivity index (χ1v) is 13.0. The van der Waals surface area contributed by atoms with Gasteiger partial charge < -0.3 is 23.7 Å². The van der Waals surface area contributed by atoms with Gasteiger partial charge in [-0.25, -0.2) is 17.9 Å². The van der Waals surface area contributed by atoms with Gasteiger partial charge in [0, 0.05) is 38.0 Å². The molecule has 11 nitrogen and oxygen atoms in total. The Kier molecular flexibility index (Phi) is 10.1. The standard InChI is InChI=1S/C23H32N2O9S/c1-7-11-25-22(33-16(4)34-23(27)31-8-2)18(14-24-25)20(26)17-9-10-19(35(6,28)29)21(15(17)3)32-13-12-30-5/h9-10,14,16H,7-8,11-13H2,1-6H3. The molecule has 0 fully saturated rings. The van der Waals surface area contributed by atoms with E-state index in [0.29, 0.717) is 18.5 Å². The van der Waals surface area contributed by atoms with Crippen LogP contribution >= 0.6 is 0 Å². The molecule has 0 radical (unpaired) electrons. The summed E-state index contributed by atoms with van der Waals surface area (Å²) >= 11 is 0. The van der Waals surface area contributed by atoms with Gasteiger partial charge in [0.2, 0.25) is 12.2 Å². The van der Waals surface area contributed by atoms with Crippen molar-refractivity contribution in [1.82, 2.24) is 9.78 Å². The molecule has 12 heteroatoms. The van der Waals surface area contributed by atoms with Crippen molar-refractivity contribution in [2.24, 2.45) is 0 Å². The number of ether oxygens (including phenoxy) is 5. The lowest BCUT2D eigenvalue weighted by Crippen LogP contribution is -2.24. The molecule has 1 unspecified atom stereocenters. The first kappa shape index (κ1) is 28.1. The third kappa shape index (κ3) is 7.18. The Balaban J connectivity index is 2.49. The van der Waals surface area contributed by atoms with Crippen LogP contribution in [0.5, 0.6) is 11.6 Å². The van der Waals surface area contributed by atoms with Crippen LogP contribution in [0.4, 0.5) is 4.79 Å². The molecule has 0 aliphatic carbocycles. The van der Waals surface area contributed by atoms with Gasteiger partial charge in [-0.3, -0.25) is 4.79 Å². The zero-order valence-electron chi connectivity index (χ0n) is 20.8. The highest BCUT2D eigenvalue weighted by Crippen LogP contribution is 2.33. The second kappa shape index (κ2) is 12.5. The van der Waals surface area contributed by atoms with E-state index in [1.165, 1.54) is 37.0 Å². The fourth-order valence-electron chi connectivity index (χ4n) is 3.25. The number of benzene rings is 1. The number of aromatic nitrogens is 2. The largest absolute Gasteiger partial charge is 0.511 e. The molecule has 0 spiro atoms. The maximum atomic E-state index is 13.6. The van der Waals surface area contributed by atoms with Crippen molar-refractivity contribution in [3.63, 3.8) is 0 Å². The molecule has 35 heavy (non-hydrogen) atoms. The minimum Gasteiger partial charge on any atom is -0.490 e. The van der Waals surface area contributed by atoms with E-state index >= 15 is 0 Å². The molecule has 1 heterocycles. The number of hydrogen-bond donors (Lipinski definition) is 0. The Labute approximate surface area is 205 Å². The molecule has 0 saturated heterocycles. The lowest BCUT2D eigenvalue weighted by atomic mass is 10.00. The average Bonchev–Trinajstić information content (AvgIpc) is 3.16. The van der Waals surface area contributed by atoms with Crippen LogP contribution in [0, 0.1) is 6.92 Å². The minimum atomic E-state index is -3.62. The Hall–Kier alpha value is -3.12. The summed E-state index contributed by atoms with van der Waals surface area (Å²) in [7, 11) is -2.13. The molecule has 0 amide bonds. The fraction of sp³-hybridized carbons (Fsp3) is 0.522. The van der Waals surface area contributed by atoms with Crippen LogP contribution in [-0.4, -0.2) is 69.6 Å². The molecule has 0 aliphatic heterocycles. The molecule has 2 aromatic rings. The van der Waals surface area contributed by atoms with E-state index < -0.39 is 28.1 Å². The minimum absolute atomic E-state index is 0.0303. The SMILES string of the molecule is CCCn1ncc(C(=O)c2ccc(S(C)(=O)=O)c(OCCOC)c2C)c1OC(C)OC(=O)OCC. The predicted octanol–water partition coefficient (Wildman–Crippen LogP) is 3.16. The first-order valence-electron chi connectivity index (χ1n) is 11.1. The highest BCUT2D eigenvalue weighted by molar-refractivity contribution is 7.90. The normalized spacial score (nSPS) is 12.2. The molecular formula is C23H32N2O9S. The molecule has 2 rings (SSSR count). The van der Waals surface area contributed by atoms with Gasteiger partial charge in [0.15, 0.2) is 15.6 Å². The molecule has 0 N–H and O–H groups in total. The Morgan fingerprint density at radius 3 is 2.46 bits per heavy atom. The summed E-state index contributed by atoms with van der Waals surface area (Å²) in [5.41, 5.74) is 0.680. The summed E-state index contributed by atoms with van der Waals surface area (Å²) in [5.74, 6) is -0.264. The van der Waals surface area contributed by atoms with Crippen molar-refractivity contribution >= 4 is 21.8 Å². The predicted molar refractivity (Wildman–Crippen MR) is 126 cm³/mol. The number of ketones is 1. The Morgan fingerprint density at radius 1 is 1.14 bits per heavy atom. The summed E-state index contributed by atoms with van der Waals surface area (Å²) in [4.78, 5) is 25.2. The molecule has 194 valence electrons. The van der Waals surface area contributed by atoms with Crippen LogP contribution in [-0.2, 0) is 30.6 Å². The molecular weight excluding hydrogens is 480 g/mol. The smallest absolute Gasteiger partial charge is 0.490 e. The fourth-order valence-corrected chi connectivity index (χ4v) is 4.11. The van der Waals surface area contributed by atoms with Crippen LogP contribution in [0.1, 0.15) is 48.7 Å². The summed E-state index contributed by atoms with van der Waals surface area (Å²) in [6.45, 7) is 7.60. The summed E-state index contributed by atoms with van der Waals surface area (Å²) in [6, 6.07) is 2.76. The maximum absolute atomic E-state index is 13.6. The Bertz CT molecular complexity index is 1140. The molecule has 0 aliphatic rings. The molecule has 0 saturated carbocycles. The van der Waals surface area contributed by atoms with E-state index in [2.05, 4.69) is 5.10 Å². The summed E-state index contributed by atoms with van der Waals surface area (Å²) in [5, 5.41) is 4.25. The second-order valence-electron chi connectivity index (χ2n) is 7.58. The summed E-state index contributed by atoms with van der Waals surface area (Å²) < 4.78 is 52.3. The third-order valence-corrected chi connectivity index (χ3v) is 5.94. The second-order valence-corrected chi connectivity index (χ2v) is 9.56. The molecule has 1 aromatic carbocycles. The van der Waals surface area contributed by atoms with Crippen LogP contribution < -0.4 is 9.47 Å². The number of rotatable bonds is 13. The molecule has 1 atom stereocenters. The van der Waals surface area contributed by atoms with E-state index in [1.807, 2.05) is 6.92 Å². The van der Waals surface area contributed by atoms with Crippen LogP contribution in [0.3, 0.4) is 0 Å². The van der Waals surface area contributed by atoms with Crippen molar-refractivity contribution < 1.29 is 41.7 Å². The number of carbonyl (C=O) groups is 2. The zero-order chi connectivity index (χ0) is 26.2. The van der Waals surface area contributed by atoms with E-state index in [-0.39, 0.29) is 47.5 Å². The van der Waals surface area contributed by atoms with Crippen LogP contribution in [0.2, 0.25) is 0 Å². The van der Waals surface area contributed by atoms with Gasteiger partial charge in [0.25, 0.3) is 0 Å². The first-order chi connectivity index (χ1) is 16.5. The monoisotopic (exact) mass is 512 g/mol. The van der Waals surface area contributed by atoms with Crippen molar-refractivity contribution in [3.05, 3.63) is 35.0 Å². The highest BCUT2D eigenvalue weighted by Gasteiger charge is 2.27. The van der Waals surface area contributed by atoms with Crippen molar-refractivity contribution in [2.45, 2.75) is 51.8 Å². The van der Waals surface area contributed by atoms with Gasteiger partial charge in [-0.15, -0.1) is 0 Å². The number of hydrogen-bond acceptors (Lipinski definition) is 10. The number of sulfone groups is 1. The van der Waals surface area contributed by atoms with E-state index in [0.717, 1.165) is 6.26 Å².